The van der Waals surface area contributed by atoms with E-state index in [-0.39, 0.29) is 29.1 Å². The SMILES string of the molecule is CCOc1ccccc1N(CC(=O)N(Cc1cccc(OC)c1)C(CC)C(=O)NC(C)C)S(=O)(=O)c1ccc(SC)cc1. The van der Waals surface area contributed by atoms with Gasteiger partial charge >= 0.3 is 0 Å². The van der Waals surface area contributed by atoms with Crippen LogP contribution in [0, 0.1) is 0 Å². The molecule has 1 atom stereocenters. The summed E-state index contributed by atoms with van der Waals surface area (Å²) in [6.07, 6.45) is 2.23. The van der Waals surface area contributed by atoms with Gasteiger partial charge in [0.05, 0.1) is 24.3 Å². The zero-order chi connectivity index (χ0) is 31.6. The Bertz CT molecular complexity index is 1480. The number of nitrogens with one attached hydrogen (secondary N) is 1. The first kappa shape index (κ1) is 33.8. The largest absolute Gasteiger partial charge is 0.497 e. The summed E-state index contributed by atoms with van der Waals surface area (Å²) in [5.41, 5.74) is 0.966. The van der Waals surface area contributed by atoms with Crippen LogP contribution in [0.5, 0.6) is 11.5 Å². The zero-order valence-corrected chi connectivity index (χ0v) is 27.2. The van der Waals surface area contributed by atoms with Crippen molar-refractivity contribution in [3.63, 3.8) is 0 Å². The molecule has 11 heteroatoms. The number of sulfonamides is 1. The van der Waals surface area contributed by atoms with Crippen molar-refractivity contribution in [2.45, 2.75) is 62.5 Å². The molecule has 0 saturated carbocycles. The fraction of sp³-hybridized carbons (Fsp3) is 0.375. The topological polar surface area (TPSA) is 105 Å². The van der Waals surface area contributed by atoms with E-state index >= 15 is 0 Å². The predicted octanol–water partition coefficient (Wildman–Crippen LogP) is 5.34. The van der Waals surface area contributed by atoms with Crippen LogP contribution in [-0.4, -0.2) is 63.7 Å². The molecular formula is C32H41N3O6S2. The molecule has 3 aromatic carbocycles. The molecule has 0 aromatic heterocycles. The average molecular weight is 628 g/mol. The lowest BCUT2D eigenvalue weighted by molar-refractivity contribution is -0.140. The maximum absolute atomic E-state index is 14.3. The average Bonchev–Trinajstić information content (AvgIpc) is 3.00. The van der Waals surface area contributed by atoms with Crippen LogP contribution in [0.3, 0.4) is 0 Å². The summed E-state index contributed by atoms with van der Waals surface area (Å²) in [4.78, 5) is 30.0. The molecule has 0 aliphatic carbocycles. The number of hydrogen-bond donors (Lipinski definition) is 1. The van der Waals surface area contributed by atoms with Gasteiger partial charge in [-0.15, -0.1) is 11.8 Å². The maximum atomic E-state index is 14.3. The van der Waals surface area contributed by atoms with Crippen molar-refractivity contribution < 1.29 is 27.5 Å². The monoisotopic (exact) mass is 627 g/mol. The Morgan fingerprint density at radius 2 is 1.67 bits per heavy atom. The van der Waals surface area contributed by atoms with Crippen molar-refractivity contribution in [2.24, 2.45) is 0 Å². The Balaban J connectivity index is 2.12. The molecule has 1 unspecified atom stereocenters. The van der Waals surface area contributed by atoms with Gasteiger partial charge in [-0.05, 0) is 87.5 Å². The van der Waals surface area contributed by atoms with Gasteiger partial charge in [-0.25, -0.2) is 8.42 Å². The van der Waals surface area contributed by atoms with Gasteiger partial charge in [-0.3, -0.25) is 13.9 Å². The Hall–Kier alpha value is -3.70. The number of carbonyl (C=O) groups excluding carboxylic acids is 2. The van der Waals surface area contributed by atoms with Gasteiger partial charge in [0.25, 0.3) is 10.0 Å². The fourth-order valence-corrected chi connectivity index (χ4v) is 6.43. The third-order valence-electron chi connectivity index (χ3n) is 6.66. The Morgan fingerprint density at radius 1 is 0.977 bits per heavy atom. The molecule has 0 aliphatic rings. The minimum atomic E-state index is -4.23. The van der Waals surface area contributed by atoms with Crippen molar-refractivity contribution in [1.82, 2.24) is 10.2 Å². The Kier molecular flexibility index (Phi) is 12.3. The molecular weight excluding hydrogens is 587 g/mol. The molecule has 3 rings (SSSR count). The summed E-state index contributed by atoms with van der Waals surface area (Å²) >= 11 is 1.50. The van der Waals surface area contributed by atoms with Crippen molar-refractivity contribution in [1.29, 1.82) is 0 Å². The lowest BCUT2D eigenvalue weighted by Crippen LogP contribution is -2.53. The minimum absolute atomic E-state index is 0.0355. The maximum Gasteiger partial charge on any atom is 0.264 e. The normalized spacial score (nSPS) is 12.0. The van der Waals surface area contributed by atoms with Crippen molar-refractivity contribution in [3.8, 4) is 11.5 Å². The number of methoxy groups -OCH3 is 1. The second-order valence-corrected chi connectivity index (χ2v) is 12.8. The summed E-state index contributed by atoms with van der Waals surface area (Å²) < 4.78 is 40.6. The molecule has 43 heavy (non-hydrogen) atoms. The zero-order valence-electron chi connectivity index (χ0n) is 25.6. The summed E-state index contributed by atoms with van der Waals surface area (Å²) in [6.45, 7) is 7.14. The van der Waals surface area contributed by atoms with E-state index in [0.29, 0.717) is 24.5 Å². The van der Waals surface area contributed by atoms with Gasteiger partial charge in [0.15, 0.2) is 0 Å². The number of rotatable bonds is 15. The minimum Gasteiger partial charge on any atom is -0.497 e. The van der Waals surface area contributed by atoms with E-state index in [4.69, 9.17) is 9.47 Å². The van der Waals surface area contributed by atoms with E-state index in [2.05, 4.69) is 5.32 Å². The van der Waals surface area contributed by atoms with E-state index in [1.54, 1.807) is 68.6 Å². The summed E-state index contributed by atoms with van der Waals surface area (Å²) in [6, 6.07) is 19.5. The van der Waals surface area contributed by atoms with Crippen LogP contribution >= 0.6 is 11.8 Å². The first-order valence-electron chi connectivity index (χ1n) is 14.2. The lowest BCUT2D eigenvalue weighted by atomic mass is 10.1. The first-order chi connectivity index (χ1) is 20.5. The van der Waals surface area contributed by atoms with Crippen LogP contribution in [0.2, 0.25) is 0 Å². The quantitative estimate of drug-likeness (QED) is 0.227. The highest BCUT2D eigenvalue weighted by Gasteiger charge is 2.35. The predicted molar refractivity (Wildman–Crippen MR) is 171 cm³/mol. The van der Waals surface area contributed by atoms with Crippen molar-refractivity contribution in [3.05, 3.63) is 78.4 Å². The molecule has 0 aliphatic heterocycles. The van der Waals surface area contributed by atoms with Crippen LogP contribution < -0.4 is 19.1 Å². The number of anilines is 1. The number of benzene rings is 3. The highest BCUT2D eigenvalue weighted by Crippen LogP contribution is 2.33. The molecule has 0 bridgehead atoms. The Labute approximate surface area is 259 Å². The summed E-state index contributed by atoms with van der Waals surface area (Å²) in [7, 11) is -2.67. The molecule has 0 radical (unpaired) electrons. The number of thioether (sulfide) groups is 1. The van der Waals surface area contributed by atoms with Crippen molar-refractivity contribution in [2.75, 3.05) is 30.8 Å². The summed E-state index contributed by atoms with van der Waals surface area (Å²) in [5, 5.41) is 2.90. The first-order valence-corrected chi connectivity index (χ1v) is 16.8. The number of nitrogens with zero attached hydrogens (tertiary/aromatic N) is 2. The van der Waals surface area contributed by atoms with E-state index in [1.165, 1.54) is 28.8 Å². The third-order valence-corrected chi connectivity index (χ3v) is 9.18. The fourth-order valence-electron chi connectivity index (χ4n) is 4.60. The molecule has 232 valence electrons. The highest BCUT2D eigenvalue weighted by molar-refractivity contribution is 7.98. The number of para-hydroxylation sites is 2. The molecule has 3 aromatic rings. The van der Waals surface area contributed by atoms with Gasteiger partial charge in [0.1, 0.15) is 24.1 Å². The van der Waals surface area contributed by atoms with Crippen LogP contribution in [-0.2, 0) is 26.2 Å². The van der Waals surface area contributed by atoms with Crippen LogP contribution in [0.1, 0.15) is 39.7 Å². The van der Waals surface area contributed by atoms with Crippen LogP contribution in [0.4, 0.5) is 5.69 Å². The van der Waals surface area contributed by atoms with Crippen LogP contribution in [0.25, 0.3) is 0 Å². The van der Waals surface area contributed by atoms with Gasteiger partial charge in [0.2, 0.25) is 11.8 Å². The number of carbonyl (C=O) groups is 2. The number of amides is 2. The molecule has 9 nitrogen and oxygen atoms in total. The van der Waals surface area contributed by atoms with E-state index in [1.807, 2.05) is 33.1 Å². The Morgan fingerprint density at radius 3 is 2.28 bits per heavy atom. The molecule has 0 heterocycles. The smallest absolute Gasteiger partial charge is 0.264 e. The van der Waals surface area contributed by atoms with Gasteiger partial charge < -0.3 is 19.7 Å². The molecule has 2 amide bonds. The molecule has 1 N–H and O–H groups in total. The third kappa shape index (κ3) is 8.67. The second-order valence-electron chi connectivity index (χ2n) is 10.0. The van der Waals surface area contributed by atoms with Gasteiger partial charge in [0, 0.05) is 17.5 Å². The van der Waals surface area contributed by atoms with E-state index in [9.17, 15) is 18.0 Å². The standard InChI is InChI=1S/C32H41N3O6S2/c1-7-28(32(37)33-23(3)4)34(21-24-12-11-13-25(20-24)40-5)31(36)22-35(29-14-9-10-15-30(29)41-8-2)43(38,39)27-18-16-26(42-6)17-19-27/h9-20,23,28H,7-8,21-22H2,1-6H3,(H,33,37). The number of hydrogen-bond acceptors (Lipinski definition) is 7. The molecule has 0 spiro atoms. The van der Waals surface area contributed by atoms with Gasteiger partial charge in [-0.1, -0.05) is 31.2 Å². The van der Waals surface area contributed by atoms with E-state index < -0.39 is 28.5 Å². The summed E-state index contributed by atoms with van der Waals surface area (Å²) in [5.74, 6) is 0.0777. The molecule has 0 fully saturated rings. The van der Waals surface area contributed by atoms with Crippen molar-refractivity contribution >= 4 is 39.3 Å². The van der Waals surface area contributed by atoms with Gasteiger partial charge in [-0.2, -0.15) is 0 Å². The van der Waals surface area contributed by atoms with E-state index in [0.717, 1.165) is 14.8 Å². The van der Waals surface area contributed by atoms with Crippen LogP contribution in [0.15, 0.2) is 82.6 Å². The lowest BCUT2D eigenvalue weighted by Gasteiger charge is -2.34. The second kappa shape index (κ2) is 15.7. The number of ether oxygens (including phenoxy) is 2. The highest BCUT2D eigenvalue weighted by atomic mass is 32.2. The molecule has 0 saturated heterocycles.